The Labute approximate surface area is 128 Å². The monoisotopic (exact) mass is 303 g/mol. The van der Waals surface area contributed by atoms with Crippen LogP contribution in [0.1, 0.15) is 23.7 Å². The molecule has 0 radical (unpaired) electrons. The van der Waals surface area contributed by atoms with Crippen LogP contribution < -0.4 is 0 Å². The Bertz CT molecular complexity index is 613. The average Bonchev–Trinajstić information content (AvgIpc) is 3.08. The summed E-state index contributed by atoms with van der Waals surface area (Å²) in [6.07, 6.45) is 2.67. The van der Waals surface area contributed by atoms with E-state index in [1.807, 2.05) is 11.0 Å². The molecule has 3 rings (SSSR count). The number of hydrogen-bond donors (Lipinski definition) is 1. The third-order valence-electron chi connectivity index (χ3n) is 3.87. The zero-order chi connectivity index (χ0) is 15.4. The number of H-pyrrole nitrogens is 1. The molecule has 1 unspecified atom stereocenters. The van der Waals surface area contributed by atoms with Crippen molar-refractivity contribution in [3.05, 3.63) is 53.6 Å². The van der Waals surface area contributed by atoms with Gasteiger partial charge in [-0.25, -0.2) is 4.39 Å². The van der Waals surface area contributed by atoms with Gasteiger partial charge in [-0.2, -0.15) is 5.10 Å². The summed E-state index contributed by atoms with van der Waals surface area (Å²) >= 11 is 0. The largest absolute Gasteiger partial charge is 0.377 e. The van der Waals surface area contributed by atoms with Crippen molar-refractivity contribution in [3.63, 3.8) is 0 Å². The zero-order valence-electron chi connectivity index (χ0n) is 12.2. The molecule has 1 N–H and O–H groups in total. The van der Waals surface area contributed by atoms with Gasteiger partial charge in [0.15, 0.2) is 0 Å². The highest BCUT2D eigenvalue weighted by Gasteiger charge is 2.29. The van der Waals surface area contributed by atoms with Crippen LogP contribution in [0.5, 0.6) is 0 Å². The highest BCUT2D eigenvalue weighted by molar-refractivity contribution is 5.77. The molecule has 0 saturated carbocycles. The van der Waals surface area contributed by atoms with Crippen molar-refractivity contribution in [3.8, 4) is 0 Å². The minimum absolute atomic E-state index is 0.0761. The second kappa shape index (κ2) is 6.70. The van der Waals surface area contributed by atoms with Crippen molar-refractivity contribution in [1.29, 1.82) is 0 Å². The van der Waals surface area contributed by atoms with Gasteiger partial charge in [0.05, 0.1) is 24.9 Å². The molecule has 6 heteroatoms. The molecule has 1 aliphatic rings. The number of morpholine rings is 1. The Kier molecular flexibility index (Phi) is 4.48. The van der Waals surface area contributed by atoms with Gasteiger partial charge in [0.25, 0.3) is 0 Å². The molecule has 1 fully saturated rings. The van der Waals surface area contributed by atoms with Crippen molar-refractivity contribution in [1.82, 2.24) is 15.1 Å². The van der Waals surface area contributed by atoms with Crippen molar-refractivity contribution in [2.75, 3.05) is 19.8 Å². The van der Waals surface area contributed by atoms with E-state index in [1.54, 1.807) is 18.3 Å². The molecule has 1 amide bonds. The Morgan fingerprint density at radius 1 is 1.36 bits per heavy atom. The Morgan fingerprint density at radius 3 is 2.91 bits per heavy atom. The maximum atomic E-state index is 12.9. The first kappa shape index (κ1) is 14.7. The molecular weight excluding hydrogens is 285 g/mol. The average molecular weight is 303 g/mol. The Balaban J connectivity index is 1.63. The maximum Gasteiger partial charge on any atom is 0.223 e. The molecule has 0 aliphatic carbocycles. The fourth-order valence-electron chi connectivity index (χ4n) is 2.66. The number of nitrogens with one attached hydrogen (secondary N) is 1. The first-order valence-electron chi connectivity index (χ1n) is 7.35. The number of rotatable bonds is 4. The first-order valence-corrected chi connectivity index (χ1v) is 7.35. The third-order valence-corrected chi connectivity index (χ3v) is 3.87. The number of aryl methyl sites for hydroxylation is 1. The van der Waals surface area contributed by atoms with Crippen LogP contribution in [0, 0.1) is 5.82 Å². The number of ether oxygens (including phenoxy) is 1. The summed E-state index contributed by atoms with van der Waals surface area (Å²) in [4.78, 5) is 14.3. The fraction of sp³-hybridized carbons (Fsp3) is 0.375. The summed E-state index contributed by atoms with van der Waals surface area (Å²) in [5, 5.41) is 6.85. The third kappa shape index (κ3) is 3.33. The quantitative estimate of drug-likeness (QED) is 0.941. The molecule has 116 valence electrons. The van der Waals surface area contributed by atoms with Gasteiger partial charge in [-0.15, -0.1) is 0 Å². The highest BCUT2D eigenvalue weighted by Crippen LogP contribution is 2.23. The Hall–Kier alpha value is -2.21. The van der Waals surface area contributed by atoms with E-state index in [9.17, 15) is 9.18 Å². The lowest BCUT2D eigenvalue weighted by Gasteiger charge is -2.35. The molecular formula is C16H18FN3O2. The number of benzene rings is 1. The van der Waals surface area contributed by atoms with Crippen molar-refractivity contribution >= 4 is 5.91 Å². The number of hydrogen-bond acceptors (Lipinski definition) is 3. The molecule has 2 aromatic rings. The summed E-state index contributed by atoms with van der Waals surface area (Å²) < 4.78 is 18.4. The predicted octanol–water partition coefficient (Wildman–Crippen LogP) is 2.08. The van der Waals surface area contributed by atoms with Gasteiger partial charge in [0, 0.05) is 19.2 Å². The van der Waals surface area contributed by atoms with Crippen LogP contribution in [0.3, 0.4) is 0 Å². The molecule has 0 spiro atoms. The van der Waals surface area contributed by atoms with Crippen molar-refractivity contribution in [2.24, 2.45) is 0 Å². The van der Waals surface area contributed by atoms with Gasteiger partial charge in [-0.05, 0) is 30.2 Å². The van der Waals surface area contributed by atoms with Crippen molar-refractivity contribution < 1.29 is 13.9 Å². The van der Waals surface area contributed by atoms with Crippen LogP contribution in [0.2, 0.25) is 0 Å². The summed E-state index contributed by atoms with van der Waals surface area (Å²) in [6.45, 7) is 1.60. The maximum absolute atomic E-state index is 12.9. The summed E-state index contributed by atoms with van der Waals surface area (Å²) in [7, 11) is 0. The van der Waals surface area contributed by atoms with E-state index < -0.39 is 0 Å². The molecule has 0 bridgehead atoms. The van der Waals surface area contributed by atoms with Crippen LogP contribution in [0.15, 0.2) is 36.5 Å². The summed E-state index contributed by atoms with van der Waals surface area (Å²) in [5.74, 6) is -0.185. The topological polar surface area (TPSA) is 58.2 Å². The smallest absolute Gasteiger partial charge is 0.223 e. The van der Waals surface area contributed by atoms with Gasteiger partial charge in [0.1, 0.15) is 5.82 Å². The van der Waals surface area contributed by atoms with Gasteiger partial charge >= 0.3 is 0 Å². The number of carbonyl (C=O) groups is 1. The fourth-order valence-corrected chi connectivity index (χ4v) is 2.66. The Morgan fingerprint density at radius 2 is 2.18 bits per heavy atom. The summed E-state index contributed by atoms with van der Waals surface area (Å²) in [5.41, 5.74) is 1.84. The number of halogens is 1. The molecule has 1 atom stereocenters. The van der Waals surface area contributed by atoms with Gasteiger partial charge in [-0.3, -0.25) is 9.89 Å². The van der Waals surface area contributed by atoms with E-state index >= 15 is 0 Å². The zero-order valence-corrected chi connectivity index (χ0v) is 12.2. The van der Waals surface area contributed by atoms with E-state index in [2.05, 4.69) is 10.2 Å². The molecule has 1 aromatic carbocycles. The van der Waals surface area contributed by atoms with E-state index in [-0.39, 0.29) is 17.8 Å². The second-order valence-electron chi connectivity index (χ2n) is 5.32. The van der Waals surface area contributed by atoms with Crippen LogP contribution in [0.4, 0.5) is 4.39 Å². The number of aromatic nitrogens is 2. The lowest BCUT2D eigenvalue weighted by Crippen LogP contribution is -2.43. The van der Waals surface area contributed by atoms with Crippen molar-refractivity contribution in [2.45, 2.75) is 18.9 Å². The minimum atomic E-state index is -0.262. The van der Waals surface area contributed by atoms with E-state index in [1.165, 1.54) is 12.1 Å². The van der Waals surface area contributed by atoms with E-state index in [0.29, 0.717) is 32.6 Å². The van der Waals surface area contributed by atoms with E-state index in [0.717, 1.165) is 11.3 Å². The lowest BCUT2D eigenvalue weighted by molar-refractivity contribution is -0.140. The molecule has 1 aromatic heterocycles. The number of carbonyl (C=O) groups excluding carboxylic acids is 1. The van der Waals surface area contributed by atoms with Crippen LogP contribution in [-0.2, 0) is 16.0 Å². The summed E-state index contributed by atoms with van der Waals surface area (Å²) in [6, 6.07) is 8.02. The predicted molar refractivity (Wildman–Crippen MR) is 78.6 cm³/mol. The molecule has 1 saturated heterocycles. The van der Waals surface area contributed by atoms with Gasteiger partial charge in [0.2, 0.25) is 5.91 Å². The normalized spacial score (nSPS) is 18.4. The number of amides is 1. The molecule has 1 aliphatic heterocycles. The molecule has 22 heavy (non-hydrogen) atoms. The standard InChI is InChI=1S/C16H18FN3O2/c17-13-4-1-12(2-5-13)3-6-16(21)20-9-10-22-11-15(20)14-7-8-18-19-14/h1-2,4-5,7-8,15H,3,6,9-11H2,(H,18,19). The number of aromatic amines is 1. The second-order valence-corrected chi connectivity index (χ2v) is 5.32. The first-order chi connectivity index (χ1) is 10.7. The van der Waals surface area contributed by atoms with Crippen LogP contribution >= 0.6 is 0 Å². The van der Waals surface area contributed by atoms with Crippen LogP contribution in [0.25, 0.3) is 0 Å². The SMILES string of the molecule is O=C(CCc1ccc(F)cc1)N1CCOCC1c1ccn[nH]1. The highest BCUT2D eigenvalue weighted by atomic mass is 19.1. The van der Waals surface area contributed by atoms with Gasteiger partial charge in [-0.1, -0.05) is 12.1 Å². The van der Waals surface area contributed by atoms with Crippen LogP contribution in [-0.4, -0.2) is 40.8 Å². The minimum Gasteiger partial charge on any atom is -0.377 e. The van der Waals surface area contributed by atoms with E-state index in [4.69, 9.17) is 4.74 Å². The number of nitrogens with zero attached hydrogens (tertiary/aromatic N) is 2. The lowest BCUT2D eigenvalue weighted by atomic mass is 10.1. The molecule has 2 heterocycles. The van der Waals surface area contributed by atoms with Gasteiger partial charge < -0.3 is 9.64 Å². The molecule has 5 nitrogen and oxygen atoms in total.